The van der Waals surface area contributed by atoms with E-state index in [2.05, 4.69) is 113 Å². The van der Waals surface area contributed by atoms with E-state index in [-0.39, 0.29) is 36.6 Å². The summed E-state index contributed by atoms with van der Waals surface area (Å²) in [4.78, 5) is 51.2. The highest BCUT2D eigenvalue weighted by Crippen LogP contribution is 2.47. The van der Waals surface area contributed by atoms with Crippen molar-refractivity contribution in [2.45, 2.75) is 146 Å². The SMILES string of the molecule is C=Cc1c2[nH]c(c1C)/C=C1\N/C(=C3\c4[nH]c(c(C)c4C(=O)[C@@H]3C=O)/C=c3\[nH]/c(c(C)c3CC)=C\2)[C@@H](CCC(=O)OC/C=C(\C)CCC[C@H](C)CCC[C@H](C)CCCC(C)C)[C@@H]1C. The molecule has 0 spiro atoms. The number of hydrogen-bond acceptors (Lipinski definition) is 5. The summed E-state index contributed by atoms with van der Waals surface area (Å²) < 4.78 is 5.79. The van der Waals surface area contributed by atoms with Crippen LogP contribution in [0.25, 0.3) is 29.9 Å². The zero-order valence-corrected chi connectivity index (χ0v) is 39.5. The van der Waals surface area contributed by atoms with Crippen LogP contribution in [0.2, 0.25) is 0 Å². The van der Waals surface area contributed by atoms with Crippen molar-refractivity contribution in [1.29, 1.82) is 0 Å². The third-order valence-electron chi connectivity index (χ3n) is 14.3. The number of ketones is 1. The molecule has 8 nitrogen and oxygen atoms in total. The van der Waals surface area contributed by atoms with Crippen molar-refractivity contribution in [3.63, 3.8) is 0 Å². The number of fused-ring (bicyclic) bond motifs is 7. The van der Waals surface area contributed by atoms with E-state index in [9.17, 15) is 14.4 Å². The van der Waals surface area contributed by atoms with Gasteiger partial charge in [0.05, 0.1) is 5.69 Å². The summed E-state index contributed by atoms with van der Waals surface area (Å²) in [6, 6.07) is 0. The summed E-state index contributed by atoms with van der Waals surface area (Å²) in [5.41, 5.74) is 13.0. The van der Waals surface area contributed by atoms with Crippen LogP contribution in [-0.4, -0.2) is 39.6 Å². The molecule has 334 valence electrons. The molecule has 8 bridgehead atoms. The number of carbonyl (C=O) groups is 3. The highest BCUT2D eigenvalue weighted by Gasteiger charge is 2.45. The van der Waals surface area contributed by atoms with Gasteiger partial charge in [-0.2, -0.15) is 0 Å². The number of esters is 1. The number of carbonyl (C=O) groups excluding carboxylic acids is 3. The Balaban J connectivity index is 1.18. The number of hydrogen-bond donors (Lipinski definition) is 4. The quantitative estimate of drug-likeness (QED) is 0.0391. The second-order valence-corrected chi connectivity index (χ2v) is 19.4. The van der Waals surface area contributed by atoms with Crippen LogP contribution in [-0.2, 0) is 20.7 Å². The lowest BCUT2D eigenvalue weighted by atomic mass is 9.85. The lowest BCUT2D eigenvalue weighted by molar-refractivity contribution is -0.142. The summed E-state index contributed by atoms with van der Waals surface area (Å²) in [5, 5.41) is 5.70. The maximum Gasteiger partial charge on any atom is 0.306 e. The van der Waals surface area contributed by atoms with Crippen LogP contribution in [0.4, 0.5) is 0 Å². The van der Waals surface area contributed by atoms with Crippen LogP contribution in [0.15, 0.2) is 29.6 Å². The molecule has 1 saturated heterocycles. The lowest BCUT2D eigenvalue weighted by Gasteiger charge is -2.18. The fourth-order valence-corrected chi connectivity index (χ4v) is 10.3. The van der Waals surface area contributed by atoms with Gasteiger partial charge < -0.3 is 29.8 Å². The van der Waals surface area contributed by atoms with E-state index in [0.717, 1.165) is 99.2 Å². The monoisotopic (exact) mass is 843 g/mol. The molecule has 5 atom stereocenters. The maximum atomic E-state index is 14.1. The molecule has 0 aromatic carbocycles. The van der Waals surface area contributed by atoms with Gasteiger partial charge in [-0.3, -0.25) is 9.59 Å². The van der Waals surface area contributed by atoms with E-state index >= 15 is 0 Å². The zero-order valence-electron chi connectivity index (χ0n) is 39.5. The molecule has 4 N–H and O–H groups in total. The second kappa shape index (κ2) is 20.6. The molecule has 0 unspecified atom stereocenters. The Bertz CT molecular complexity index is 2370. The molecule has 2 aliphatic heterocycles. The summed E-state index contributed by atoms with van der Waals surface area (Å²) >= 11 is 0. The fraction of sp³-hybridized carbons (Fsp3) is 0.537. The Hall–Kier alpha value is -4.85. The molecule has 0 saturated carbocycles. The van der Waals surface area contributed by atoms with Gasteiger partial charge in [-0.25, -0.2) is 0 Å². The number of aromatic amines is 3. The van der Waals surface area contributed by atoms with E-state index in [0.29, 0.717) is 23.3 Å². The van der Waals surface area contributed by atoms with Crippen molar-refractivity contribution in [2.75, 3.05) is 6.61 Å². The Kier molecular flexibility index (Phi) is 15.5. The first kappa shape index (κ1) is 46.6. The Morgan fingerprint density at radius 3 is 2.16 bits per heavy atom. The Morgan fingerprint density at radius 1 is 0.839 bits per heavy atom. The van der Waals surface area contributed by atoms with Crippen LogP contribution in [0.5, 0.6) is 0 Å². The summed E-state index contributed by atoms with van der Waals surface area (Å²) in [6.45, 7) is 26.5. The highest BCUT2D eigenvalue weighted by atomic mass is 16.5. The normalized spacial score (nSPS) is 22.4. The van der Waals surface area contributed by atoms with E-state index < -0.39 is 5.92 Å². The Labute approximate surface area is 370 Å². The van der Waals surface area contributed by atoms with E-state index in [1.54, 1.807) is 0 Å². The number of allylic oxidation sites excluding steroid dienone is 4. The predicted molar refractivity (Wildman–Crippen MR) is 256 cm³/mol. The molecule has 8 heteroatoms. The minimum Gasteiger partial charge on any atom is -0.461 e. The molecule has 6 rings (SSSR count). The van der Waals surface area contributed by atoms with Gasteiger partial charge in [-0.15, -0.1) is 0 Å². The standard InChI is InChI=1S/C54H74N4O4/c1-12-39-35(8)43-27-45-37(10)41(23-24-49(60)62-26-25-34(7)22-16-21-33(6)20-15-19-32(5)18-14-17-31(3)4)52(57-45)51-42(30-59)54(61)50-38(11)46(58-53(50)51)29-48-40(13-2)36(9)44(56-48)28-47(39)55-43/h12,25,27-33,37,41-42,55-58H,1,13-24,26H2,2-11H3/b34-25+,44-28-,45-27-,48-29-,52-51-/t32-,33-,37+,41+,42-/m1/s1. The van der Waals surface area contributed by atoms with Crippen LogP contribution >= 0.6 is 0 Å². The van der Waals surface area contributed by atoms with Crippen LogP contribution < -0.4 is 16.0 Å². The smallest absolute Gasteiger partial charge is 0.306 e. The first-order valence-electron chi connectivity index (χ1n) is 23.7. The topological polar surface area (TPSA) is 120 Å². The van der Waals surface area contributed by atoms with E-state index in [1.165, 1.54) is 61.6 Å². The van der Waals surface area contributed by atoms with E-state index in [4.69, 9.17) is 4.74 Å². The van der Waals surface area contributed by atoms with Gasteiger partial charge >= 0.3 is 5.97 Å². The lowest BCUT2D eigenvalue weighted by Crippen LogP contribution is -2.18. The average Bonchev–Trinajstić information content (AvgIpc) is 3.97. The molecule has 0 amide bonds. The fourth-order valence-electron chi connectivity index (χ4n) is 10.3. The van der Waals surface area contributed by atoms with Gasteiger partial charge in [0.25, 0.3) is 0 Å². The number of nitrogens with one attached hydrogen (secondary N) is 4. The number of rotatable bonds is 20. The largest absolute Gasteiger partial charge is 0.461 e. The average molecular weight is 843 g/mol. The first-order valence-corrected chi connectivity index (χ1v) is 23.7. The van der Waals surface area contributed by atoms with Crippen molar-refractivity contribution >= 4 is 47.9 Å². The van der Waals surface area contributed by atoms with Gasteiger partial charge in [-0.05, 0) is 118 Å². The third-order valence-corrected chi connectivity index (χ3v) is 14.3. The van der Waals surface area contributed by atoms with Gasteiger partial charge in [0.15, 0.2) is 5.78 Å². The van der Waals surface area contributed by atoms with Crippen molar-refractivity contribution in [3.05, 3.63) is 96.5 Å². The number of Topliss-reactive ketones (excluding diaryl/α,β-unsaturated/α-hetero) is 1. The molecular formula is C54H74N4O4. The van der Waals surface area contributed by atoms with Crippen molar-refractivity contribution in [1.82, 2.24) is 20.3 Å². The van der Waals surface area contributed by atoms with Crippen molar-refractivity contribution in [3.8, 4) is 0 Å². The number of aromatic nitrogens is 3. The minimum atomic E-state index is -0.943. The van der Waals surface area contributed by atoms with Crippen molar-refractivity contribution in [2.24, 2.45) is 35.5 Å². The molecule has 1 aliphatic carbocycles. The van der Waals surface area contributed by atoms with Crippen LogP contribution in [0, 0.1) is 56.3 Å². The van der Waals surface area contributed by atoms with Gasteiger partial charge in [0, 0.05) is 74.1 Å². The number of aldehydes is 1. The summed E-state index contributed by atoms with van der Waals surface area (Å²) in [6.07, 6.45) is 24.0. The second-order valence-electron chi connectivity index (χ2n) is 19.4. The predicted octanol–water partition coefficient (Wildman–Crippen LogP) is 11.1. The zero-order chi connectivity index (χ0) is 44.8. The molecule has 3 aromatic rings. The summed E-state index contributed by atoms with van der Waals surface area (Å²) in [7, 11) is 0. The van der Waals surface area contributed by atoms with E-state index in [1.807, 2.05) is 13.0 Å². The van der Waals surface area contributed by atoms with Crippen LogP contribution in [0.3, 0.4) is 0 Å². The number of ether oxygens (including phenoxy) is 1. The minimum absolute atomic E-state index is 0.0422. The molecule has 1 fully saturated rings. The third kappa shape index (κ3) is 10.2. The van der Waals surface area contributed by atoms with Gasteiger partial charge in [0.1, 0.15) is 18.8 Å². The molecule has 5 heterocycles. The maximum absolute atomic E-state index is 14.1. The molecule has 0 radical (unpaired) electrons. The molecule has 3 aromatic heterocycles. The summed E-state index contributed by atoms with van der Waals surface area (Å²) in [5.74, 6) is 0.766. The number of H-pyrrole nitrogens is 3. The van der Waals surface area contributed by atoms with Crippen molar-refractivity contribution < 1.29 is 19.1 Å². The molecule has 62 heavy (non-hydrogen) atoms. The Morgan fingerprint density at radius 2 is 1.50 bits per heavy atom. The molecule has 3 aliphatic rings. The first-order chi connectivity index (χ1) is 29.7. The van der Waals surface area contributed by atoms with Crippen LogP contribution in [0.1, 0.15) is 180 Å². The molecular weight excluding hydrogens is 769 g/mol. The highest BCUT2D eigenvalue weighted by molar-refractivity contribution is 6.22. The van der Waals surface area contributed by atoms with Gasteiger partial charge in [-0.1, -0.05) is 105 Å². The van der Waals surface area contributed by atoms with Gasteiger partial charge in [0.2, 0.25) is 0 Å².